The van der Waals surface area contributed by atoms with Crippen LogP contribution in [0.4, 0.5) is 16.2 Å². The molecule has 5 nitrogen and oxygen atoms in total. The summed E-state index contributed by atoms with van der Waals surface area (Å²) in [5.74, 6) is -0.112. The van der Waals surface area contributed by atoms with Crippen molar-refractivity contribution in [3.8, 4) is 0 Å². The molecule has 2 aromatic rings. The molecule has 2 aliphatic rings. The zero-order valence-corrected chi connectivity index (χ0v) is 24.2. The fourth-order valence-electron chi connectivity index (χ4n) is 6.28. The maximum atomic E-state index is 13.8. The zero-order valence-electron chi connectivity index (χ0n) is 24.2. The topological polar surface area (TPSA) is 70.2 Å². The van der Waals surface area contributed by atoms with E-state index in [9.17, 15) is 9.59 Å². The van der Waals surface area contributed by atoms with Crippen LogP contribution in [0.15, 0.2) is 30.3 Å². The number of amides is 3. The van der Waals surface area contributed by atoms with Crippen LogP contribution in [-0.4, -0.2) is 18.5 Å². The van der Waals surface area contributed by atoms with Crippen LogP contribution in [0.5, 0.6) is 0 Å². The van der Waals surface area contributed by atoms with Gasteiger partial charge in [0.2, 0.25) is 0 Å². The summed E-state index contributed by atoms with van der Waals surface area (Å²) < 4.78 is 0. The fourth-order valence-corrected chi connectivity index (χ4v) is 6.28. The van der Waals surface area contributed by atoms with Gasteiger partial charge in [-0.05, 0) is 101 Å². The van der Waals surface area contributed by atoms with Gasteiger partial charge in [-0.15, -0.1) is 0 Å². The third-order valence-corrected chi connectivity index (χ3v) is 8.87. The van der Waals surface area contributed by atoms with Gasteiger partial charge in [-0.1, -0.05) is 61.5 Å². The SMILES string of the molecule is CCNC(=O)Nc1ccc(C(=O)Nc2c3c(cc4c2C(C)(C)CCC4(C)C)C(C)(C)CCC3(C)C)cc1. The Morgan fingerprint density at radius 3 is 1.62 bits per heavy atom. The van der Waals surface area contributed by atoms with E-state index in [1.54, 1.807) is 24.3 Å². The van der Waals surface area contributed by atoms with Crippen molar-refractivity contribution >= 4 is 23.3 Å². The molecule has 0 atom stereocenters. The van der Waals surface area contributed by atoms with Crippen LogP contribution < -0.4 is 16.0 Å². The predicted octanol–water partition coefficient (Wildman–Crippen LogP) is 7.78. The lowest BCUT2D eigenvalue weighted by Gasteiger charge is -2.49. The molecule has 0 saturated heterocycles. The predicted molar refractivity (Wildman–Crippen MR) is 154 cm³/mol. The molecule has 0 heterocycles. The van der Waals surface area contributed by atoms with Gasteiger partial charge in [0.25, 0.3) is 5.91 Å². The summed E-state index contributed by atoms with van der Waals surface area (Å²) in [6, 6.07) is 9.35. The van der Waals surface area contributed by atoms with Crippen molar-refractivity contribution < 1.29 is 9.59 Å². The Morgan fingerprint density at radius 1 is 0.703 bits per heavy atom. The van der Waals surface area contributed by atoms with Crippen molar-refractivity contribution in [3.05, 3.63) is 58.1 Å². The monoisotopic (exact) mass is 503 g/mol. The fraction of sp³-hybridized carbons (Fsp3) is 0.562. The molecule has 0 aliphatic heterocycles. The Balaban J connectivity index is 1.83. The minimum atomic E-state index is -0.253. The Bertz CT molecular complexity index is 1170. The van der Waals surface area contributed by atoms with Crippen LogP contribution >= 0.6 is 0 Å². The first-order valence-corrected chi connectivity index (χ1v) is 13.8. The molecule has 0 fully saturated rings. The minimum Gasteiger partial charge on any atom is -0.338 e. The van der Waals surface area contributed by atoms with E-state index < -0.39 is 0 Å². The van der Waals surface area contributed by atoms with Crippen LogP contribution in [0.25, 0.3) is 0 Å². The maximum Gasteiger partial charge on any atom is 0.319 e. The van der Waals surface area contributed by atoms with Crippen molar-refractivity contribution in [2.24, 2.45) is 0 Å². The third kappa shape index (κ3) is 5.02. The van der Waals surface area contributed by atoms with E-state index in [4.69, 9.17) is 0 Å². The molecular formula is C32H45N3O2. The van der Waals surface area contributed by atoms with Crippen LogP contribution in [-0.2, 0) is 21.7 Å². The molecule has 2 aromatic carbocycles. The molecule has 0 unspecified atom stereocenters. The summed E-state index contributed by atoms with van der Waals surface area (Å²) in [5, 5.41) is 8.96. The molecular weight excluding hydrogens is 458 g/mol. The summed E-state index contributed by atoms with van der Waals surface area (Å²) in [6.45, 7) is 21.1. The van der Waals surface area contributed by atoms with Crippen molar-refractivity contribution in [2.75, 3.05) is 17.2 Å². The minimum absolute atomic E-state index is 0.0411. The third-order valence-electron chi connectivity index (χ3n) is 8.87. The van der Waals surface area contributed by atoms with Gasteiger partial charge in [0.15, 0.2) is 0 Å². The summed E-state index contributed by atoms with van der Waals surface area (Å²) in [7, 11) is 0. The first-order chi connectivity index (χ1) is 17.1. The van der Waals surface area contributed by atoms with Gasteiger partial charge in [-0.25, -0.2) is 4.79 Å². The Hall–Kier alpha value is -2.82. The summed E-state index contributed by atoms with van der Waals surface area (Å²) in [5.41, 5.74) is 7.63. The van der Waals surface area contributed by atoms with Gasteiger partial charge in [0.1, 0.15) is 0 Å². The molecule has 3 amide bonds. The average Bonchev–Trinajstić information content (AvgIpc) is 2.80. The molecule has 0 radical (unpaired) electrons. The van der Waals surface area contributed by atoms with Crippen molar-refractivity contribution in [1.82, 2.24) is 5.32 Å². The Labute approximate surface area is 223 Å². The van der Waals surface area contributed by atoms with Crippen molar-refractivity contribution in [1.29, 1.82) is 0 Å². The first-order valence-electron chi connectivity index (χ1n) is 13.8. The largest absolute Gasteiger partial charge is 0.338 e. The number of benzene rings is 2. The van der Waals surface area contributed by atoms with Gasteiger partial charge >= 0.3 is 6.03 Å². The highest BCUT2D eigenvalue weighted by Gasteiger charge is 2.46. The second-order valence-corrected chi connectivity index (χ2v) is 13.6. The van der Waals surface area contributed by atoms with E-state index in [1.165, 1.54) is 22.3 Å². The summed E-state index contributed by atoms with van der Waals surface area (Å²) >= 11 is 0. The number of urea groups is 1. The number of nitrogens with one attached hydrogen (secondary N) is 3. The van der Waals surface area contributed by atoms with E-state index in [1.807, 2.05) is 6.92 Å². The molecule has 200 valence electrons. The number of hydrogen-bond acceptors (Lipinski definition) is 2. The summed E-state index contributed by atoms with van der Waals surface area (Å²) in [4.78, 5) is 25.6. The molecule has 3 N–H and O–H groups in total. The number of fused-ring (bicyclic) bond motifs is 2. The molecule has 37 heavy (non-hydrogen) atoms. The molecule has 0 spiro atoms. The number of rotatable bonds is 4. The molecule has 0 saturated carbocycles. The van der Waals surface area contributed by atoms with Crippen LogP contribution in [0.1, 0.15) is 121 Å². The number of hydrogen-bond donors (Lipinski definition) is 3. The van der Waals surface area contributed by atoms with Crippen LogP contribution in [0, 0.1) is 0 Å². The van der Waals surface area contributed by atoms with Gasteiger partial charge in [-0.3, -0.25) is 4.79 Å². The van der Waals surface area contributed by atoms with Gasteiger partial charge in [0, 0.05) is 23.5 Å². The quantitative estimate of drug-likeness (QED) is 0.399. The lowest BCUT2D eigenvalue weighted by Crippen LogP contribution is -2.41. The summed E-state index contributed by atoms with van der Waals surface area (Å²) in [6.07, 6.45) is 4.42. The van der Waals surface area contributed by atoms with Crippen LogP contribution in [0.3, 0.4) is 0 Å². The van der Waals surface area contributed by atoms with E-state index in [0.29, 0.717) is 17.8 Å². The normalized spacial score (nSPS) is 20.2. The zero-order chi connectivity index (χ0) is 27.4. The molecule has 4 rings (SSSR count). The smallest absolute Gasteiger partial charge is 0.319 e. The molecule has 0 aromatic heterocycles. The molecule has 0 bridgehead atoms. The Morgan fingerprint density at radius 2 is 1.16 bits per heavy atom. The van der Waals surface area contributed by atoms with Gasteiger partial charge in [0.05, 0.1) is 0 Å². The van der Waals surface area contributed by atoms with Crippen molar-refractivity contribution in [3.63, 3.8) is 0 Å². The van der Waals surface area contributed by atoms with E-state index in [-0.39, 0.29) is 33.6 Å². The second kappa shape index (κ2) is 9.18. The van der Waals surface area contributed by atoms with Gasteiger partial charge in [-0.2, -0.15) is 0 Å². The van der Waals surface area contributed by atoms with Gasteiger partial charge < -0.3 is 16.0 Å². The highest BCUT2D eigenvalue weighted by Crippen LogP contribution is 2.56. The Kier molecular flexibility index (Phi) is 6.75. The number of anilines is 2. The van der Waals surface area contributed by atoms with E-state index in [2.05, 4.69) is 77.4 Å². The maximum absolute atomic E-state index is 13.8. The highest BCUT2D eigenvalue weighted by atomic mass is 16.2. The van der Waals surface area contributed by atoms with Crippen molar-refractivity contribution in [2.45, 2.75) is 110 Å². The number of carbonyl (C=O) groups excluding carboxylic acids is 2. The molecule has 2 aliphatic carbocycles. The lowest BCUT2D eigenvalue weighted by atomic mass is 9.56. The van der Waals surface area contributed by atoms with E-state index >= 15 is 0 Å². The molecule has 5 heteroatoms. The van der Waals surface area contributed by atoms with E-state index in [0.717, 1.165) is 31.4 Å². The van der Waals surface area contributed by atoms with Crippen LogP contribution in [0.2, 0.25) is 0 Å². The highest BCUT2D eigenvalue weighted by molar-refractivity contribution is 6.06. The number of carbonyl (C=O) groups is 2. The standard InChI is InChI=1S/C32H45N3O2/c1-10-33-28(37)34-21-13-11-20(12-14-21)27(36)35-26-24-22(29(2,3)15-17-31(24,6)7)19-23-25(26)32(8,9)18-16-30(23,4)5/h11-14,19H,10,15-18H2,1-9H3,(H,35,36)(H2,33,34,37). The second-order valence-electron chi connectivity index (χ2n) is 13.6. The first kappa shape index (κ1) is 27.2. The lowest BCUT2D eigenvalue weighted by molar-refractivity contribution is 0.102. The average molecular weight is 504 g/mol.